The maximum Gasteiger partial charge on any atom is 0.336 e. The Bertz CT molecular complexity index is 1200. The zero-order valence-electron chi connectivity index (χ0n) is 14.4. The number of benzene rings is 3. The third-order valence-electron chi connectivity index (χ3n) is 4.32. The second-order valence-corrected chi connectivity index (χ2v) is 6.93. The molecular weight excluding hydrogens is 402 g/mol. The minimum Gasteiger partial charge on any atom is -0.487 e. The maximum absolute atomic E-state index is 13.9. The minimum absolute atomic E-state index is 0.112. The van der Waals surface area contributed by atoms with Gasteiger partial charge in [-0.25, -0.2) is 9.18 Å². The van der Waals surface area contributed by atoms with Crippen molar-refractivity contribution in [2.45, 2.75) is 6.61 Å². The highest BCUT2D eigenvalue weighted by molar-refractivity contribution is 6.33. The molecule has 0 amide bonds. The van der Waals surface area contributed by atoms with E-state index in [1.807, 2.05) is 30.3 Å². The van der Waals surface area contributed by atoms with E-state index in [2.05, 4.69) is 0 Å². The van der Waals surface area contributed by atoms with Crippen LogP contribution >= 0.6 is 23.2 Å². The van der Waals surface area contributed by atoms with Crippen LogP contribution in [0.2, 0.25) is 10.0 Å². The van der Waals surface area contributed by atoms with Crippen molar-refractivity contribution in [1.82, 2.24) is 0 Å². The van der Waals surface area contributed by atoms with E-state index in [0.717, 1.165) is 5.56 Å². The van der Waals surface area contributed by atoms with Gasteiger partial charge in [-0.2, -0.15) is 0 Å². The molecule has 0 N–H and O–H groups in total. The molecule has 0 unspecified atom stereocenters. The molecule has 3 aromatic carbocycles. The molecule has 1 aromatic heterocycles. The fourth-order valence-electron chi connectivity index (χ4n) is 2.95. The summed E-state index contributed by atoms with van der Waals surface area (Å²) in [6, 6.07) is 18.5. The van der Waals surface area contributed by atoms with Crippen molar-refractivity contribution in [3.05, 3.63) is 98.6 Å². The summed E-state index contributed by atoms with van der Waals surface area (Å²) in [6.45, 7) is -0.112. The van der Waals surface area contributed by atoms with Gasteiger partial charge in [-0.3, -0.25) is 0 Å². The molecular formula is C22H13Cl2FO3. The van der Waals surface area contributed by atoms with Crippen LogP contribution in [0.1, 0.15) is 5.56 Å². The zero-order chi connectivity index (χ0) is 19.7. The molecule has 0 spiro atoms. The van der Waals surface area contributed by atoms with Crippen LogP contribution in [-0.4, -0.2) is 0 Å². The van der Waals surface area contributed by atoms with E-state index < -0.39 is 11.4 Å². The molecule has 0 aliphatic heterocycles. The van der Waals surface area contributed by atoms with Gasteiger partial charge >= 0.3 is 5.63 Å². The second-order valence-electron chi connectivity index (χ2n) is 6.11. The van der Waals surface area contributed by atoms with Gasteiger partial charge in [0.15, 0.2) is 0 Å². The van der Waals surface area contributed by atoms with Crippen LogP contribution < -0.4 is 10.4 Å². The minimum atomic E-state index is -0.489. The lowest BCUT2D eigenvalue weighted by Gasteiger charge is -2.12. The van der Waals surface area contributed by atoms with Gasteiger partial charge in [0, 0.05) is 23.1 Å². The Labute approximate surface area is 169 Å². The molecule has 0 fully saturated rings. The highest BCUT2D eigenvalue weighted by atomic mass is 35.5. The molecule has 4 rings (SSSR count). The largest absolute Gasteiger partial charge is 0.487 e. The third-order valence-corrected chi connectivity index (χ3v) is 4.96. The first-order valence-electron chi connectivity index (χ1n) is 8.41. The third kappa shape index (κ3) is 3.61. The predicted molar refractivity (Wildman–Crippen MR) is 109 cm³/mol. The Hall–Kier alpha value is -2.82. The van der Waals surface area contributed by atoms with Crippen molar-refractivity contribution in [3.8, 4) is 16.9 Å². The Balaban J connectivity index is 1.76. The molecule has 140 valence electrons. The van der Waals surface area contributed by atoms with Gasteiger partial charge in [0.25, 0.3) is 0 Å². The van der Waals surface area contributed by atoms with E-state index in [9.17, 15) is 9.18 Å². The van der Waals surface area contributed by atoms with E-state index in [4.69, 9.17) is 32.4 Å². The normalized spacial score (nSPS) is 11.0. The van der Waals surface area contributed by atoms with Crippen LogP contribution in [-0.2, 0) is 6.61 Å². The van der Waals surface area contributed by atoms with E-state index in [1.165, 1.54) is 24.3 Å². The summed E-state index contributed by atoms with van der Waals surface area (Å²) in [7, 11) is 0. The first-order valence-corrected chi connectivity index (χ1v) is 9.17. The zero-order valence-corrected chi connectivity index (χ0v) is 15.9. The van der Waals surface area contributed by atoms with Crippen molar-refractivity contribution >= 4 is 34.2 Å². The molecule has 28 heavy (non-hydrogen) atoms. The molecule has 0 atom stereocenters. The van der Waals surface area contributed by atoms with Crippen LogP contribution in [0.15, 0.2) is 75.9 Å². The predicted octanol–water partition coefficient (Wildman–Crippen LogP) is 6.48. The Morgan fingerprint density at radius 2 is 1.71 bits per heavy atom. The summed E-state index contributed by atoms with van der Waals surface area (Å²) < 4.78 is 24.9. The lowest BCUT2D eigenvalue weighted by atomic mass is 10.0. The van der Waals surface area contributed by atoms with Gasteiger partial charge < -0.3 is 9.15 Å². The number of fused-ring (bicyclic) bond motifs is 1. The van der Waals surface area contributed by atoms with Crippen molar-refractivity contribution in [2.75, 3.05) is 0 Å². The average Bonchev–Trinajstić information content (AvgIpc) is 2.68. The summed E-state index contributed by atoms with van der Waals surface area (Å²) in [5, 5.41) is 1.24. The van der Waals surface area contributed by atoms with Gasteiger partial charge in [0.05, 0.1) is 10.0 Å². The van der Waals surface area contributed by atoms with Gasteiger partial charge in [-0.15, -0.1) is 0 Å². The van der Waals surface area contributed by atoms with Crippen LogP contribution in [0.4, 0.5) is 4.39 Å². The highest BCUT2D eigenvalue weighted by Gasteiger charge is 2.14. The molecule has 1 heterocycles. The Morgan fingerprint density at radius 3 is 2.46 bits per heavy atom. The smallest absolute Gasteiger partial charge is 0.336 e. The van der Waals surface area contributed by atoms with E-state index in [0.29, 0.717) is 21.6 Å². The lowest BCUT2D eigenvalue weighted by Crippen LogP contribution is -2.01. The highest BCUT2D eigenvalue weighted by Crippen LogP contribution is 2.35. The molecule has 4 aromatic rings. The van der Waals surface area contributed by atoms with Gasteiger partial charge in [0.1, 0.15) is 23.8 Å². The van der Waals surface area contributed by atoms with E-state index >= 15 is 0 Å². The van der Waals surface area contributed by atoms with Crippen molar-refractivity contribution in [2.24, 2.45) is 0 Å². The van der Waals surface area contributed by atoms with Crippen LogP contribution in [0.5, 0.6) is 5.75 Å². The lowest BCUT2D eigenvalue weighted by molar-refractivity contribution is 0.300. The Kier molecular flexibility index (Phi) is 5.07. The number of ether oxygens (including phenoxy) is 1. The molecule has 6 heteroatoms. The molecule has 0 saturated heterocycles. The van der Waals surface area contributed by atoms with Crippen LogP contribution in [0, 0.1) is 5.82 Å². The monoisotopic (exact) mass is 414 g/mol. The van der Waals surface area contributed by atoms with Gasteiger partial charge in [-0.05, 0) is 29.3 Å². The second kappa shape index (κ2) is 7.66. The summed E-state index contributed by atoms with van der Waals surface area (Å²) in [5.41, 5.74) is 1.63. The molecule has 0 aliphatic carbocycles. The topological polar surface area (TPSA) is 39.4 Å². The maximum atomic E-state index is 13.9. The Morgan fingerprint density at radius 1 is 0.929 bits per heavy atom. The number of hydrogen-bond acceptors (Lipinski definition) is 3. The number of rotatable bonds is 4. The average molecular weight is 415 g/mol. The SMILES string of the molecule is O=c1cc(-c2ccccc2)c2cc(Cl)c(OCc3c(F)cccc3Cl)cc2o1. The van der Waals surface area contributed by atoms with E-state index in [-0.39, 0.29) is 22.9 Å². The fourth-order valence-corrected chi connectivity index (χ4v) is 3.39. The first kappa shape index (κ1) is 18.5. The summed E-state index contributed by atoms with van der Waals surface area (Å²) in [5.74, 6) is -0.204. The molecule has 3 nitrogen and oxygen atoms in total. The van der Waals surface area contributed by atoms with Crippen LogP contribution in [0.3, 0.4) is 0 Å². The number of halogens is 3. The first-order chi connectivity index (χ1) is 13.5. The quantitative estimate of drug-likeness (QED) is 0.358. The van der Waals surface area contributed by atoms with Gasteiger partial charge in [0.2, 0.25) is 0 Å². The summed E-state index contributed by atoms with van der Waals surface area (Å²) in [4.78, 5) is 12.0. The summed E-state index contributed by atoms with van der Waals surface area (Å²) in [6.07, 6.45) is 0. The molecule has 0 radical (unpaired) electrons. The van der Waals surface area contributed by atoms with Gasteiger partial charge in [-0.1, -0.05) is 59.6 Å². The fraction of sp³-hybridized carbons (Fsp3) is 0.0455. The van der Waals surface area contributed by atoms with Crippen molar-refractivity contribution < 1.29 is 13.5 Å². The standard InChI is InChI=1S/C22H13Cl2FO3/c23-17-7-4-8-19(25)16(17)12-27-21-11-20-15(9-18(21)24)14(10-22(26)28-20)13-5-2-1-3-6-13/h1-11H,12H2. The van der Waals surface area contributed by atoms with Crippen molar-refractivity contribution in [1.29, 1.82) is 0 Å². The van der Waals surface area contributed by atoms with Crippen LogP contribution in [0.25, 0.3) is 22.1 Å². The summed E-state index contributed by atoms with van der Waals surface area (Å²) >= 11 is 12.4. The molecule has 0 bridgehead atoms. The van der Waals surface area contributed by atoms with E-state index in [1.54, 1.807) is 12.1 Å². The molecule has 0 aliphatic rings. The van der Waals surface area contributed by atoms with Crippen molar-refractivity contribution in [3.63, 3.8) is 0 Å². The number of hydrogen-bond donors (Lipinski definition) is 0. The molecule has 0 saturated carbocycles.